The van der Waals surface area contributed by atoms with Gasteiger partial charge in [0.1, 0.15) is 12.2 Å². The molecule has 3 rings (SSSR count). The van der Waals surface area contributed by atoms with Crippen LogP contribution < -0.4 is 0 Å². The van der Waals surface area contributed by atoms with Gasteiger partial charge in [0.2, 0.25) is 0 Å². The third kappa shape index (κ3) is 2.89. The van der Waals surface area contributed by atoms with Crippen LogP contribution in [0.4, 0.5) is 0 Å². The second-order valence-electron chi connectivity index (χ2n) is 5.53. The molecule has 114 valence electrons. The number of benzene rings is 2. The normalized spacial score (nSPS) is 25.8. The predicted octanol–water partition coefficient (Wildman–Crippen LogP) is 2.32. The Morgan fingerprint density at radius 3 is 2.14 bits per heavy atom. The van der Waals surface area contributed by atoms with E-state index in [9.17, 15) is 9.90 Å². The molecule has 0 spiro atoms. The van der Waals surface area contributed by atoms with Gasteiger partial charge in [0, 0.05) is 7.05 Å². The number of ether oxygens (including phenoxy) is 1. The second kappa shape index (κ2) is 6.30. The summed E-state index contributed by atoms with van der Waals surface area (Å²) in [4.78, 5) is 13.8. The molecule has 2 aromatic rings. The molecule has 0 saturated carbocycles. The molecule has 1 N–H and O–H groups in total. The number of aliphatic hydroxyl groups excluding tert-OH is 1. The Labute approximate surface area is 130 Å². The lowest BCUT2D eigenvalue weighted by Gasteiger charge is -2.23. The molecular formula is C18H19NO3. The van der Waals surface area contributed by atoms with Crippen LogP contribution in [0, 0.1) is 0 Å². The first-order valence-corrected chi connectivity index (χ1v) is 7.35. The molecule has 2 aromatic carbocycles. The van der Waals surface area contributed by atoms with Crippen molar-refractivity contribution in [2.24, 2.45) is 0 Å². The Kier molecular flexibility index (Phi) is 4.22. The number of carbonyl (C=O) groups excluding carboxylic acids is 1. The van der Waals surface area contributed by atoms with E-state index in [-0.39, 0.29) is 12.0 Å². The average molecular weight is 297 g/mol. The number of rotatable bonds is 2. The third-order valence-corrected chi connectivity index (χ3v) is 3.97. The van der Waals surface area contributed by atoms with Crippen molar-refractivity contribution >= 4 is 5.91 Å². The van der Waals surface area contributed by atoms with Crippen molar-refractivity contribution in [3.63, 3.8) is 0 Å². The zero-order valence-electron chi connectivity index (χ0n) is 12.4. The van der Waals surface area contributed by atoms with E-state index in [2.05, 4.69) is 0 Å². The van der Waals surface area contributed by atoms with E-state index in [0.717, 1.165) is 11.1 Å². The molecular weight excluding hydrogens is 278 g/mol. The third-order valence-electron chi connectivity index (χ3n) is 3.97. The number of hydrogen-bond donors (Lipinski definition) is 1. The number of amides is 1. The zero-order valence-corrected chi connectivity index (χ0v) is 12.4. The second-order valence-corrected chi connectivity index (χ2v) is 5.53. The van der Waals surface area contributed by atoms with Crippen LogP contribution in [-0.2, 0) is 9.53 Å². The minimum absolute atomic E-state index is 0.266. The maximum Gasteiger partial charge on any atom is 0.254 e. The number of aliphatic hydroxyl groups is 1. The minimum atomic E-state index is -1.19. The van der Waals surface area contributed by atoms with Crippen molar-refractivity contribution < 1.29 is 14.6 Å². The number of hydrogen-bond acceptors (Lipinski definition) is 3. The van der Waals surface area contributed by atoms with Crippen molar-refractivity contribution in [1.82, 2.24) is 4.90 Å². The van der Waals surface area contributed by atoms with Crippen molar-refractivity contribution in [2.75, 3.05) is 13.6 Å². The maximum absolute atomic E-state index is 12.3. The van der Waals surface area contributed by atoms with E-state index in [1.165, 1.54) is 4.90 Å². The Morgan fingerprint density at radius 2 is 1.55 bits per heavy atom. The fraction of sp³-hybridized carbons (Fsp3) is 0.278. The molecule has 1 aliphatic heterocycles. The first kappa shape index (κ1) is 14.8. The number of carbonyl (C=O) groups is 1. The molecule has 3 atom stereocenters. The Morgan fingerprint density at radius 1 is 1.00 bits per heavy atom. The molecule has 1 aliphatic rings. The molecule has 1 fully saturated rings. The van der Waals surface area contributed by atoms with E-state index in [1.54, 1.807) is 7.05 Å². The lowest BCUT2D eigenvalue weighted by Crippen LogP contribution is -2.37. The SMILES string of the molecule is CN1C[C@H](c2ccccc2)O[C@@H](c2ccccc2)[C@@H](O)C1=O. The molecule has 4 nitrogen and oxygen atoms in total. The summed E-state index contributed by atoms with van der Waals surface area (Å²) in [5.74, 6) is -0.313. The summed E-state index contributed by atoms with van der Waals surface area (Å²) in [6.45, 7) is 0.420. The van der Waals surface area contributed by atoms with Gasteiger partial charge in [-0.2, -0.15) is 0 Å². The minimum Gasteiger partial charge on any atom is -0.380 e. The zero-order chi connectivity index (χ0) is 15.5. The van der Waals surface area contributed by atoms with Gasteiger partial charge < -0.3 is 14.7 Å². The predicted molar refractivity (Wildman–Crippen MR) is 83.1 cm³/mol. The van der Waals surface area contributed by atoms with E-state index in [4.69, 9.17) is 4.74 Å². The topological polar surface area (TPSA) is 49.8 Å². The molecule has 0 radical (unpaired) electrons. The quantitative estimate of drug-likeness (QED) is 0.925. The van der Waals surface area contributed by atoms with Gasteiger partial charge in [0.25, 0.3) is 5.91 Å². The first-order valence-electron chi connectivity index (χ1n) is 7.35. The molecule has 4 heteroatoms. The molecule has 1 saturated heterocycles. The fourth-order valence-corrected chi connectivity index (χ4v) is 2.74. The molecule has 1 amide bonds. The van der Waals surface area contributed by atoms with Crippen LogP contribution in [0.2, 0.25) is 0 Å². The van der Waals surface area contributed by atoms with E-state index in [0.29, 0.717) is 6.54 Å². The molecule has 22 heavy (non-hydrogen) atoms. The Bertz CT molecular complexity index is 629. The molecule has 0 bridgehead atoms. The summed E-state index contributed by atoms with van der Waals surface area (Å²) in [5, 5.41) is 10.4. The molecule has 0 aliphatic carbocycles. The highest BCUT2D eigenvalue weighted by Crippen LogP contribution is 2.33. The van der Waals surface area contributed by atoms with Crippen LogP contribution in [0.15, 0.2) is 60.7 Å². The van der Waals surface area contributed by atoms with Gasteiger partial charge >= 0.3 is 0 Å². The fourth-order valence-electron chi connectivity index (χ4n) is 2.74. The summed E-state index contributed by atoms with van der Waals surface area (Å²) < 4.78 is 6.12. The summed E-state index contributed by atoms with van der Waals surface area (Å²) in [5.41, 5.74) is 1.80. The van der Waals surface area contributed by atoms with E-state index >= 15 is 0 Å². The van der Waals surface area contributed by atoms with E-state index < -0.39 is 12.2 Å². The Hall–Kier alpha value is -2.17. The van der Waals surface area contributed by atoms with Crippen LogP contribution in [-0.4, -0.2) is 35.6 Å². The van der Waals surface area contributed by atoms with Crippen LogP contribution in [0.3, 0.4) is 0 Å². The maximum atomic E-state index is 12.3. The van der Waals surface area contributed by atoms with Crippen molar-refractivity contribution in [3.8, 4) is 0 Å². The molecule has 0 unspecified atom stereocenters. The van der Waals surface area contributed by atoms with Gasteiger partial charge in [-0.05, 0) is 11.1 Å². The summed E-state index contributed by atoms with van der Waals surface area (Å²) >= 11 is 0. The highest BCUT2D eigenvalue weighted by atomic mass is 16.5. The standard InChI is InChI=1S/C18H19NO3/c1-19-12-15(13-8-4-2-5-9-13)22-17(16(20)18(19)21)14-10-6-3-7-11-14/h2-11,15-17,20H,12H2,1H3/t15-,16-,17+/m1/s1. The summed E-state index contributed by atoms with van der Waals surface area (Å²) in [6, 6.07) is 19.2. The van der Waals surface area contributed by atoms with Gasteiger partial charge in [-0.3, -0.25) is 4.79 Å². The number of nitrogens with zero attached hydrogens (tertiary/aromatic N) is 1. The van der Waals surface area contributed by atoms with Gasteiger partial charge in [-0.15, -0.1) is 0 Å². The van der Waals surface area contributed by atoms with Crippen LogP contribution in [0.5, 0.6) is 0 Å². The lowest BCUT2D eigenvalue weighted by atomic mass is 10.0. The Balaban J connectivity index is 1.96. The highest BCUT2D eigenvalue weighted by Gasteiger charge is 2.37. The molecule has 0 aromatic heterocycles. The van der Waals surface area contributed by atoms with E-state index in [1.807, 2.05) is 60.7 Å². The monoisotopic (exact) mass is 297 g/mol. The van der Waals surface area contributed by atoms with Crippen molar-refractivity contribution in [3.05, 3.63) is 71.8 Å². The van der Waals surface area contributed by atoms with Crippen LogP contribution >= 0.6 is 0 Å². The van der Waals surface area contributed by atoms with Gasteiger partial charge in [-0.1, -0.05) is 60.7 Å². The van der Waals surface area contributed by atoms with Gasteiger partial charge in [0.05, 0.1) is 6.54 Å². The number of likely N-dealkylation sites (N-methyl/N-ethyl adjacent to an activating group) is 1. The smallest absolute Gasteiger partial charge is 0.254 e. The molecule has 1 heterocycles. The highest BCUT2D eigenvalue weighted by molar-refractivity contribution is 5.81. The first-order chi connectivity index (χ1) is 10.7. The largest absolute Gasteiger partial charge is 0.380 e. The van der Waals surface area contributed by atoms with Gasteiger partial charge in [0.15, 0.2) is 6.10 Å². The lowest BCUT2D eigenvalue weighted by molar-refractivity contribution is -0.142. The summed E-state index contributed by atoms with van der Waals surface area (Å²) in [7, 11) is 1.69. The average Bonchev–Trinajstić information content (AvgIpc) is 2.68. The summed E-state index contributed by atoms with van der Waals surface area (Å²) in [6.07, 6.45) is -2.12. The van der Waals surface area contributed by atoms with Crippen molar-refractivity contribution in [2.45, 2.75) is 18.3 Å². The van der Waals surface area contributed by atoms with Gasteiger partial charge in [-0.25, -0.2) is 0 Å². The van der Waals surface area contributed by atoms with Crippen molar-refractivity contribution in [1.29, 1.82) is 0 Å². The van der Waals surface area contributed by atoms with Crippen LogP contribution in [0.1, 0.15) is 23.3 Å². The van der Waals surface area contributed by atoms with Crippen LogP contribution in [0.25, 0.3) is 0 Å².